The fourth-order valence-electron chi connectivity index (χ4n) is 5.07. The zero-order valence-corrected chi connectivity index (χ0v) is 22.2. The summed E-state index contributed by atoms with van der Waals surface area (Å²) in [6, 6.07) is 17.2. The van der Waals surface area contributed by atoms with E-state index in [0.717, 1.165) is 83.8 Å². The van der Waals surface area contributed by atoms with E-state index >= 15 is 0 Å². The van der Waals surface area contributed by atoms with E-state index in [2.05, 4.69) is 80.9 Å². The van der Waals surface area contributed by atoms with Crippen LogP contribution in [0.2, 0.25) is 0 Å². The normalized spacial score (nSPS) is 13.7. The Bertz CT molecular complexity index is 1600. The molecule has 0 unspecified atom stereocenters. The van der Waals surface area contributed by atoms with E-state index < -0.39 is 0 Å². The predicted molar refractivity (Wildman–Crippen MR) is 157 cm³/mol. The molecule has 2 aromatic carbocycles. The lowest BCUT2D eigenvalue weighted by atomic mass is 10.0. The monoisotopic (exact) mass is 519 g/mol. The highest BCUT2D eigenvalue weighted by atomic mass is 16.5. The molecule has 8 heteroatoms. The molecule has 6 rings (SSSR count). The smallest absolute Gasteiger partial charge is 0.162 e. The number of aromatic nitrogens is 4. The Morgan fingerprint density at radius 1 is 1.00 bits per heavy atom. The molecule has 1 fully saturated rings. The molecule has 0 spiro atoms. The van der Waals surface area contributed by atoms with Gasteiger partial charge in [-0.15, -0.1) is 0 Å². The number of benzene rings is 2. The van der Waals surface area contributed by atoms with Gasteiger partial charge in [0.1, 0.15) is 6.61 Å². The third-order valence-corrected chi connectivity index (χ3v) is 7.09. The summed E-state index contributed by atoms with van der Waals surface area (Å²) in [6.07, 6.45) is 7.74. The quantitative estimate of drug-likeness (QED) is 0.217. The largest absolute Gasteiger partial charge is 0.498 e. The molecule has 4 heterocycles. The molecule has 1 saturated heterocycles. The number of nitrogens with one attached hydrogen (secondary N) is 2. The lowest BCUT2D eigenvalue weighted by molar-refractivity contribution is 0.216. The van der Waals surface area contributed by atoms with Crippen molar-refractivity contribution in [2.45, 2.75) is 13.5 Å². The standard InChI is InChI=1S/C31H33N7O/c1-22(2)39-16-13-33-18-23-3-8-28-27(9-10-34-30(28)17-23)29-20-36-38-21-25(19-35-31(29)38)24-4-6-26(7-5-24)37-14-11-32-12-15-37/h3-10,17,19-21,32-33H,1,11-16,18H2,2H3. The van der Waals surface area contributed by atoms with Gasteiger partial charge in [0.15, 0.2) is 5.65 Å². The summed E-state index contributed by atoms with van der Waals surface area (Å²) in [5, 5.41) is 12.5. The van der Waals surface area contributed by atoms with Gasteiger partial charge in [-0.2, -0.15) is 5.10 Å². The zero-order chi connectivity index (χ0) is 26.6. The topological polar surface area (TPSA) is 79.6 Å². The number of nitrogens with zero attached hydrogens (tertiary/aromatic N) is 5. The number of hydrogen-bond donors (Lipinski definition) is 2. The Balaban J connectivity index is 1.22. The minimum atomic E-state index is 0.608. The van der Waals surface area contributed by atoms with Crippen LogP contribution in [0, 0.1) is 0 Å². The van der Waals surface area contributed by atoms with Crippen LogP contribution in [0.25, 0.3) is 38.8 Å². The number of pyridine rings is 1. The number of allylic oxidation sites excluding steroid dienone is 1. The van der Waals surface area contributed by atoms with Gasteiger partial charge in [-0.3, -0.25) is 4.98 Å². The summed E-state index contributed by atoms with van der Waals surface area (Å²) in [6.45, 7) is 11.9. The first kappa shape index (κ1) is 25.0. The van der Waals surface area contributed by atoms with Gasteiger partial charge in [-0.05, 0) is 47.9 Å². The molecule has 5 aromatic rings. The van der Waals surface area contributed by atoms with Gasteiger partial charge in [0.05, 0.1) is 17.5 Å². The van der Waals surface area contributed by atoms with Crippen molar-refractivity contribution in [3.63, 3.8) is 0 Å². The van der Waals surface area contributed by atoms with E-state index in [-0.39, 0.29) is 0 Å². The summed E-state index contributed by atoms with van der Waals surface area (Å²) in [7, 11) is 0. The summed E-state index contributed by atoms with van der Waals surface area (Å²) in [5.74, 6) is 0.734. The van der Waals surface area contributed by atoms with Crippen LogP contribution in [0.3, 0.4) is 0 Å². The minimum Gasteiger partial charge on any atom is -0.498 e. The summed E-state index contributed by atoms with van der Waals surface area (Å²) >= 11 is 0. The van der Waals surface area contributed by atoms with Crippen LogP contribution in [0.1, 0.15) is 12.5 Å². The Hall–Kier alpha value is -4.27. The molecule has 0 aliphatic carbocycles. The third kappa shape index (κ3) is 5.48. The van der Waals surface area contributed by atoms with Crippen LogP contribution < -0.4 is 15.5 Å². The minimum absolute atomic E-state index is 0.608. The first-order valence-corrected chi connectivity index (χ1v) is 13.4. The van der Waals surface area contributed by atoms with Crippen molar-refractivity contribution >= 4 is 22.2 Å². The third-order valence-electron chi connectivity index (χ3n) is 7.09. The second-order valence-corrected chi connectivity index (χ2v) is 9.89. The van der Waals surface area contributed by atoms with E-state index in [1.807, 2.05) is 36.1 Å². The fourth-order valence-corrected chi connectivity index (χ4v) is 5.07. The number of anilines is 1. The van der Waals surface area contributed by atoms with E-state index in [4.69, 9.17) is 9.72 Å². The molecule has 198 valence electrons. The Morgan fingerprint density at radius 3 is 2.67 bits per heavy atom. The molecule has 0 amide bonds. The maximum absolute atomic E-state index is 5.42. The highest BCUT2D eigenvalue weighted by Crippen LogP contribution is 2.31. The second kappa shape index (κ2) is 11.2. The van der Waals surface area contributed by atoms with Crippen molar-refractivity contribution in [2.75, 3.05) is 44.2 Å². The van der Waals surface area contributed by atoms with Crippen molar-refractivity contribution in [2.24, 2.45) is 0 Å². The summed E-state index contributed by atoms with van der Waals surface area (Å²) in [5.41, 5.74) is 8.44. The van der Waals surface area contributed by atoms with Gasteiger partial charge in [-0.1, -0.05) is 30.8 Å². The maximum Gasteiger partial charge on any atom is 0.162 e. The zero-order valence-electron chi connectivity index (χ0n) is 22.2. The van der Waals surface area contributed by atoms with Crippen molar-refractivity contribution in [3.8, 4) is 22.3 Å². The fraction of sp³-hybridized carbons (Fsp3) is 0.258. The van der Waals surface area contributed by atoms with Crippen molar-refractivity contribution in [3.05, 3.63) is 91.2 Å². The van der Waals surface area contributed by atoms with E-state index in [1.54, 1.807) is 0 Å². The van der Waals surface area contributed by atoms with Crippen LogP contribution in [0.4, 0.5) is 5.69 Å². The Kier molecular flexibility index (Phi) is 7.21. The summed E-state index contributed by atoms with van der Waals surface area (Å²) < 4.78 is 7.28. The Morgan fingerprint density at radius 2 is 1.85 bits per heavy atom. The Labute approximate surface area is 228 Å². The van der Waals surface area contributed by atoms with E-state index in [9.17, 15) is 0 Å². The molecule has 1 aliphatic heterocycles. The number of ether oxygens (including phenoxy) is 1. The average Bonchev–Trinajstić information content (AvgIpc) is 3.40. The van der Waals surface area contributed by atoms with Gasteiger partial charge >= 0.3 is 0 Å². The summed E-state index contributed by atoms with van der Waals surface area (Å²) in [4.78, 5) is 11.9. The molecule has 0 saturated carbocycles. The maximum atomic E-state index is 5.42. The van der Waals surface area contributed by atoms with Crippen LogP contribution in [0.5, 0.6) is 0 Å². The first-order valence-electron chi connectivity index (χ1n) is 13.4. The van der Waals surface area contributed by atoms with Crippen molar-refractivity contribution in [1.29, 1.82) is 0 Å². The molecule has 39 heavy (non-hydrogen) atoms. The van der Waals surface area contributed by atoms with Gasteiger partial charge < -0.3 is 20.3 Å². The van der Waals surface area contributed by atoms with Gasteiger partial charge in [0, 0.05) is 80.1 Å². The molecule has 3 aromatic heterocycles. The average molecular weight is 520 g/mol. The first-order chi connectivity index (χ1) is 19.2. The molecule has 2 N–H and O–H groups in total. The van der Waals surface area contributed by atoms with Crippen molar-refractivity contribution < 1.29 is 4.74 Å². The lowest BCUT2D eigenvalue weighted by Crippen LogP contribution is -2.43. The predicted octanol–water partition coefficient (Wildman–Crippen LogP) is 4.66. The number of hydrogen-bond acceptors (Lipinski definition) is 7. The van der Waals surface area contributed by atoms with Gasteiger partial charge in [0.2, 0.25) is 0 Å². The highest BCUT2D eigenvalue weighted by molar-refractivity contribution is 5.97. The van der Waals surface area contributed by atoms with E-state index in [1.165, 1.54) is 11.3 Å². The lowest BCUT2D eigenvalue weighted by Gasteiger charge is -2.29. The number of rotatable bonds is 9. The van der Waals surface area contributed by atoms with Crippen LogP contribution >= 0.6 is 0 Å². The van der Waals surface area contributed by atoms with E-state index in [0.29, 0.717) is 6.61 Å². The molecule has 0 bridgehead atoms. The molecule has 1 aliphatic rings. The molecule has 8 nitrogen and oxygen atoms in total. The SMILES string of the molecule is C=C(C)OCCNCc1ccc2c(-c3cnn4cc(-c5ccc(N6CCNCC6)cc5)cnc34)ccnc2c1. The van der Waals surface area contributed by atoms with Gasteiger partial charge in [-0.25, -0.2) is 9.50 Å². The van der Waals surface area contributed by atoms with Crippen molar-refractivity contribution in [1.82, 2.24) is 30.2 Å². The number of fused-ring (bicyclic) bond motifs is 2. The second-order valence-electron chi connectivity index (χ2n) is 9.89. The number of piperazine rings is 1. The molecule has 0 atom stereocenters. The van der Waals surface area contributed by atoms with Crippen LogP contribution in [-0.4, -0.2) is 58.9 Å². The molecular weight excluding hydrogens is 486 g/mol. The molecular formula is C31H33N7O. The van der Waals surface area contributed by atoms with Crippen LogP contribution in [0.15, 0.2) is 85.7 Å². The van der Waals surface area contributed by atoms with Crippen LogP contribution in [-0.2, 0) is 11.3 Å². The van der Waals surface area contributed by atoms with Gasteiger partial charge in [0.25, 0.3) is 0 Å². The highest BCUT2D eigenvalue weighted by Gasteiger charge is 2.14. The molecule has 0 radical (unpaired) electrons.